The summed E-state index contributed by atoms with van der Waals surface area (Å²) < 4.78 is 0. The minimum Gasteiger partial charge on any atom is -0.391 e. The van der Waals surface area contributed by atoms with Crippen molar-refractivity contribution in [2.45, 2.75) is 121 Å². The van der Waals surface area contributed by atoms with E-state index < -0.39 is 83.8 Å². The summed E-state index contributed by atoms with van der Waals surface area (Å²) in [6, 6.07) is 1.73. The number of nitrogens with zero attached hydrogens (tertiary/aromatic N) is 3. The second-order valence-electron chi connectivity index (χ2n) is 14.5. The molecular weight excluding hydrogens is 658 g/mol. The summed E-state index contributed by atoms with van der Waals surface area (Å²) >= 11 is 0. The molecule has 1 aromatic carbocycles. The van der Waals surface area contributed by atoms with Crippen molar-refractivity contribution in [3.63, 3.8) is 0 Å². The molecule has 0 aromatic heterocycles. The van der Waals surface area contributed by atoms with Gasteiger partial charge in [0.25, 0.3) is 0 Å². The average molecular weight is 710 g/mol. The van der Waals surface area contributed by atoms with Crippen LogP contribution in [0.2, 0.25) is 0 Å². The van der Waals surface area contributed by atoms with Crippen molar-refractivity contribution in [2.75, 3.05) is 19.6 Å². The molecule has 1 aromatic rings. The maximum absolute atomic E-state index is 14.2. The molecule has 5 N–H and O–H groups in total. The van der Waals surface area contributed by atoms with Crippen molar-refractivity contribution in [1.82, 2.24) is 36.0 Å². The number of aliphatic hydroxyl groups excluding tert-OH is 1. The first-order chi connectivity index (χ1) is 24.3. The molecule has 4 heterocycles. The first kappa shape index (κ1) is 37.7. The molecule has 0 aliphatic carbocycles. The van der Waals surface area contributed by atoms with Gasteiger partial charge >= 0.3 is 0 Å². The second-order valence-corrected chi connectivity index (χ2v) is 14.5. The van der Waals surface area contributed by atoms with Crippen molar-refractivity contribution in [3.05, 3.63) is 35.9 Å². The van der Waals surface area contributed by atoms with E-state index in [4.69, 9.17) is 0 Å². The molecule has 4 saturated heterocycles. The summed E-state index contributed by atoms with van der Waals surface area (Å²) in [6.45, 7) is 7.16. The molecular formula is C36H51N7O8. The molecule has 4 aliphatic heterocycles. The predicted molar refractivity (Wildman–Crippen MR) is 184 cm³/mol. The quantitative estimate of drug-likeness (QED) is 0.268. The van der Waals surface area contributed by atoms with Crippen LogP contribution >= 0.6 is 0 Å². The lowest BCUT2D eigenvalue weighted by molar-refractivity contribution is -0.148. The lowest BCUT2D eigenvalue weighted by Gasteiger charge is -2.34. The maximum Gasteiger partial charge on any atom is 0.248 e. The van der Waals surface area contributed by atoms with Gasteiger partial charge in [-0.25, -0.2) is 0 Å². The van der Waals surface area contributed by atoms with Crippen LogP contribution in [0, 0.1) is 5.92 Å². The summed E-state index contributed by atoms with van der Waals surface area (Å²) in [5.74, 6) is -4.29. The van der Waals surface area contributed by atoms with E-state index in [0.717, 1.165) is 5.56 Å². The van der Waals surface area contributed by atoms with Gasteiger partial charge in [0, 0.05) is 26.1 Å². The summed E-state index contributed by atoms with van der Waals surface area (Å²) in [5, 5.41) is 21.5. The van der Waals surface area contributed by atoms with Crippen LogP contribution in [-0.2, 0) is 40.0 Å². The lowest BCUT2D eigenvalue weighted by atomic mass is 9.99. The number of hydrogen-bond donors (Lipinski definition) is 5. The van der Waals surface area contributed by atoms with Crippen LogP contribution in [0.4, 0.5) is 0 Å². The van der Waals surface area contributed by atoms with Crippen LogP contribution in [0.3, 0.4) is 0 Å². The van der Waals surface area contributed by atoms with Gasteiger partial charge in [-0.1, -0.05) is 44.2 Å². The van der Waals surface area contributed by atoms with Crippen molar-refractivity contribution in [3.8, 4) is 0 Å². The Morgan fingerprint density at radius 3 is 1.69 bits per heavy atom. The highest BCUT2D eigenvalue weighted by Crippen LogP contribution is 2.27. The Hall–Kier alpha value is -4.53. The van der Waals surface area contributed by atoms with Crippen LogP contribution < -0.4 is 21.3 Å². The molecule has 4 aliphatic rings. The zero-order valence-corrected chi connectivity index (χ0v) is 29.8. The number of nitrogens with one attached hydrogen (secondary N) is 4. The molecule has 0 spiro atoms. The minimum atomic E-state index is -1.42. The number of benzene rings is 1. The van der Waals surface area contributed by atoms with E-state index in [2.05, 4.69) is 21.3 Å². The Balaban J connectivity index is 1.51. The van der Waals surface area contributed by atoms with E-state index in [1.807, 2.05) is 30.3 Å². The number of amides is 7. The van der Waals surface area contributed by atoms with Gasteiger partial charge in [-0.3, -0.25) is 33.6 Å². The Kier molecular flexibility index (Phi) is 12.0. The van der Waals surface area contributed by atoms with Gasteiger partial charge in [0.05, 0.1) is 6.10 Å². The van der Waals surface area contributed by atoms with Gasteiger partial charge in [0.1, 0.15) is 42.3 Å². The first-order valence-electron chi connectivity index (χ1n) is 18.1. The summed E-state index contributed by atoms with van der Waals surface area (Å²) in [5.41, 5.74) is 0.759. The van der Waals surface area contributed by atoms with E-state index in [9.17, 15) is 38.7 Å². The molecule has 15 heteroatoms. The third-order valence-electron chi connectivity index (χ3n) is 10.4. The third-order valence-corrected chi connectivity index (χ3v) is 10.4. The Bertz CT molecular complexity index is 1500. The molecule has 51 heavy (non-hydrogen) atoms. The van der Waals surface area contributed by atoms with Crippen LogP contribution in [-0.4, -0.2) is 129 Å². The number of carbonyl (C=O) groups is 7. The van der Waals surface area contributed by atoms with E-state index in [1.54, 1.807) is 13.8 Å². The molecule has 0 radical (unpaired) electrons. The van der Waals surface area contributed by atoms with Gasteiger partial charge in [-0.2, -0.15) is 0 Å². The summed E-state index contributed by atoms with van der Waals surface area (Å²) in [4.78, 5) is 101. The SMILES string of the molecule is CC(C)C1NC(=O)[C@H](Cc2ccccc2)NC(=O)[C@@H]2CCCN2C(=O)[C@H]([C@H](C)O)NC(=O)[C@H](C)NC(=O)[C@@H]2CCCN2C(=O)[C@@H]2CCCN2C1=O. The monoisotopic (exact) mass is 709 g/mol. The highest BCUT2D eigenvalue weighted by molar-refractivity contribution is 5.99. The van der Waals surface area contributed by atoms with Crippen LogP contribution in [0.15, 0.2) is 30.3 Å². The van der Waals surface area contributed by atoms with E-state index in [0.29, 0.717) is 51.6 Å². The molecule has 7 amide bonds. The zero-order chi connectivity index (χ0) is 37.0. The predicted octanol–water partition coefficient (Wildman–Crippen LogP) is -0.788. The van der Waals surface area contributed by atoms with Gasteiger partial charge in [0.2, 0.25) is 41.4 Å². The van der Waals surface area contributed by atoms with Gasteiger partial charge in [0.15, 0.2) is 0 Å². The molecule has 8 atom stereocenters. The molecule has 15 nitrogen and oxygen atoms in total. The fourth-order valence-electron chi connectivity index (χ4n) is 7.58. The van der Waals surface area contributed by atoms with Crippen molar-refractivity contribution >= 4 is 41.4 Å². The third kappa shape index (κ3) is 8.35. The normalized spacial score (nSPS) is 30.9. The summed E-state index contributed by atoms with van der Waals surface area (Å²) in [6.07, 6.45) is 1.41. The first-order valence-corrected chi connectivity index (χ1v) is 18.1. The Labute approximate surface area is 298 Å². The largest absolute Gasteiger partial charge is 0.391 e. The second kappa shape index (κ2) is 16.2. The Morgan fingerprint density at radius 2 is 1.12 bits per heavy atom. The number of carbonyl (C=O) groups excluding carboxylic acids is 7. The standard InChI is InChI=1S/C36H51N7O8/c1-20(2)28-35(50)43-18-10-15-27(43)34(49)41-16-8-13-25(41)32(47)37-21(3)30(45)40-29(22(4)44)36(51)42-17-9-14-26(42)33(48)38-24(31(46)39-28)19-23-11-6-5-7-12-23/h5-7,11-12,20-22,24-29,44H,8-10,13-19H2,1-4H3,(H,37,47)(H,38,48)(H,39,46)(H,40,45)/t21-,22-,24-,25-,26-,27-,28?,29-/m0/s1. The molecule has 5 rings (SSSR count). The van der Waals surface area contributed by atoms with Gasteiger partial charge in [-0.05, 0) is 63.9 Å². The highest BCUT2D eigenvalue weighted by Gasteiger charge is 2.45. The average Bonchev–Trinajstić information content (AvgIpc) is 3.89. The van der Waals surface area contributed by atoms with Crippen molar-refractivity contribution in [2.24, 2.45) is 5.92 Å². The topological polar surface area (TPSA) is 198 Å². The van der Waals surface area contributed by atoms with Crippen LogP contribution in [0.5, 0.6) is 0 Å². The lowest BCUT2D eigenvalue weighted by Crippen LogP contribution is -2.61. The highest BCUT2D eigenvalue weighted by atomic mass is 16.3. The van der Waals surface area contributed by atoms with Gasteiger partial charge < -0.3 is 41.1 Å². The summed E-state index contributed by atoms with van der Waals surface area (Å²) in [7, 11) is 0. The molecule has 1 unspecified atom stereocenters. The molecule has 278 valence electrons. The fraction of sp³-hybridized carbons (Fsp3) is 0.639. The van der Waals surface area contributed by atoms with E-state index in [-0.39, 0.29) is 24.8 Å². The van der Waals surface area contributed by atoms with Crippen molar-refractivity contribution < 1.29 is 38.7 Å². The molecule has 0 saturated carbocycles. The van der Waals surface area contributed by atoms with Crippen molar-refractivity contribution in [1.29, 1.82) is 0 Å². The maximum atomic E-state index is 14.2. The van der Waals surface area contributed by atoms with E-state index in [1.165, 1.54) is 28.5 Å². The zero-order valence-electron chi connectivity index (χ0n) is 29.8. The number of fused-ring (bicyclic) bond motifs is 3. The number of hydrogen-bond acceptors (Lipinski definition) is 8. The number of rotatable bonds is 4. The van der Waals surface area contributed by atoms with Crippen LogP contribution in [0.25, 0.3) is 0 Å². The Morgan fingerprint density at radius 1 is 0.627 bits per heavy atom. The number of aliphatic hydroxyl groups is 1. The molecule has 0 bridgehead atoms. The smallest absolute Gasteiger partial charge is 0.248 e. The fourth-order valence-corrected chi connectivity index (χ4v) is 7.58. The van der Waals surface area contributed by atoms with Crippen LogP contribution in [0.1, 0.15) is 71.8 Å². The molecule has 4 fully saturated rings. The minimum absolute atomic E-state index is 0.102. The van der Waals surface area contributed by atoms with E-state index >= 15 is 0 Å². The van der Waals surface area contributed by atoms with Gasteiger partial charge in [-0.15, -0.1) is 0 Å².